The van der Waals surface area contributed by atoms with Crippen molar-refractivity contribution in [1.29, 1.82) is 0 Å². The summed E-state index contributed by atoms with van der Waals surface area (Å²) in [5.41, 5.74) is 5.93. The Morgan fingerprint density at radius 1 is 0.921 bits per heavy atom. The maximum absolute atomic E-state index is 13.5. The summed E-state index contributed by atoms with van der Waals surface area (Å²) >= 11 is 0. The van der Waals surface area contributed by atoms with Gasteiger partial charge in [-0.3, -0.25) is 25.0 Å². The topological polar surface area (TPSA) is 139 Å². The fourth-order valence-corrected chi connectivity index (χ4v) is 4.80. The molecule has 4 N–H and O–H groups in total. The van der Waals surface area contributed by atoms with Crippen LogP contribution in [0.3, 0.4) is 0 Å². The number of benzene rings is 2. The van der Waals surface area contributed by atoms with E-state index >= 15 is 0 Å². The number of hydrogen-bond acceptors (Lipinski definition) is 6. The monoisotopic (exact) mass is 524 g/mol. The highest BCUT2D eigenvalue weighted by Crippen LogP contribution is 2.27. The van der Waals surface area contributed by atoms with E-state index in [4.69, 9.17) is 0 Å². The van der Waals surface area contributed by atoms with Crippen LogP contribution < -0.4 is 10.9 Å². The maximum Gasteiger partial charge on any atom is 0.347 e. The van der Waals surface area contributed by atoms with Crippen LogP contribution >= 0.6 is 0 Å². The highest BCUT2D eigenvalue weighted by Gasteiger charge is 2.47. The van der Waals surface area contributed by atoms with Gasteiger partial charge in [-0.05, 0) is 42.7 Å². The van der Waals surface area contributed by atoms with Crippen LogP contribution in [-0.2, 0) is 27.3 Å². The summed E-state index contributed by atoms with van der Waals surface area (Å²) < 4.78 is 0. The van der Waals surface area contributed by atoms with Gasteiger partial charge in [0, 0.05) is 6.54 Å². The largest absolute Gasteiger partial charge is 0.394 e. The average molecular weight is 525 g/mol. The van der Waals surface area contributed by atoms with Crippen molar-refractivity contribution >= 4 is 23.8 Å². The third-order valence-electron chi connectivity index (χ3n) is 6.73. The molecular weight excluding hydrogens is 488 g/mol. The first-order chi connectivity index (χ1) is 18.3. The van der Waals surface area contributed by atoms with Crippen molar-refractivity contribution in [2.75, 3.05) is 6.61 Å². The summed E-state index contributed by atoms with van der Waals surface area (Å²) in [6, 6.07) is 16.8. The highest BCUT2D eigenvalue weighted by molar-refractivity contribution is 6.05. The number of hydrogen-bond donors (Lipinski definition) is 4. The van der Waals surface area contributed by atoms with Crippen LogP contribution in [0.15, 0.2) is 60.7 Å². The fraction of sp³-hybridized carbons (Fsp3) is 0.429. The Morgan fingerprint density at radius 2 is 1.53 bits per heavy atom. The number of amides is 5. The number of hydrazine groups is 1. The molecule has 3 atom stereocenters. The van der Waals surface area contributed by atoms with Crippen LogP contribution in [0.4, 0.5) is 4.79 Å². The third kappa shape index (κ3) is 7.17. The second kappa shape index (κ2) is 13.7. The molecule has 1 aliphatic rings. The standard InChI is InChI=1S/C28H36N4O6/c1-19(2)16-23(22(26(35)30-38)15-9-14-20-10-5-3-6-11-20)25(34)29-32-27(36)24(18-33)31(28(32)37)17-21-12-7-4-8-13-21/h3-8,10-13,19,22-24,33,38H,9,14-18H2,1-2H3,(H,29,34)(H,30,35)/t22-,23+,24-/m0/s1. The lowest BCUT2D eigenvalue weighted by atomic mass is 9.81. The Labute approximate surface area is 222 Å². The normalized spacial score (nSPS) is 17.0. The van der Waals surface area contributed by atoms with Crippen molar-refractivity contribution < 1.29 is 29.5 Å². The molecule has 1 heterocycles. The molecule has 0 unspecified atom stereocenters. The van der Waals surface area contributed by atoms with E-state index in [-0.39, 0.29) is 12.5 Å². The summed E-state index contributed by atoms with van der Waals surface area (Å²) in [7, 11) is 0. The SMILES string of the molecule is CC(C)C[C@@H](C(=O)NN1C(=O)[C@H](CO)N(Cc2ccccc2)C1=O)[C@H](CCCc1ccccc1)C(=O)NO. The zero-order chi connectivity index (χ0) is 27.7. The molecule has 1 aliphatic heterocycles. The van der Waals surface area contributed by atoms with Crippen LogP contribution in [-0.4, -0.2) is 56.6 Å². The molecule has 10 nitrogen and oxygen atoms in total. The Kier molecular flexibility index (Phi) is 10.4. The number of aryl methyl sites for hydroxylation is 1. The first kappa shape index (κ1) is 28.8. The number of rotatable bonds is 13. The summed E-state index contributed by atoms with van der Waals surface area (Å²) in [5, 5.41) is 19.9. The van der Waals surface area contributed by atoms with E-state index in [1.165, 1.54) is 4.90 Å². The quantitative estimate of drug-likeness (QED) is 0.181. The van der Waals surface area contributed by atoms with Gasteiger partial charge in [0.2, 0.25) is 11.8 Å². The summed E-state index contributed by atoms with van der Waals surface area (Å²) in [4.78, 5) is 53.5. The van der Waals surface area contributed by atoms with Crippen molar-refractivity contribution in [2.45, 2.75) is 52.1 Å². The molecule has 0 radical (unpaired) electrons. The molecule has 5 amide bonds. The molecule has 0 aromatic heterocycles. The second-order valence-corrected chi connectivity index (χ2v) is 9.94. The predicted molar refractivity (Wildman–Crippen MR) is 139 cm³/mol. The van der Waals surface area contributed by atoms with Gasteiger partial charge in [-0.15, -0.1) is 0 Å². The van der Waals surface area contributed by atoms with Crippen LogP contribution in [0.25, 0.3) is 0 Å². The predicted octanol–water partition coefficient (Wildman–Crippen LogP) is 2.65. The smallest absolute Gasteiger partial charge is 0.347 e. The molecule has 0 saturated carbocycles. The molecule has 3 rings (SSSR count). The number of aliphatic hydroxyl groups is 1. The van der Waals surface area contributed by atoms with Gasteiger partial charge in [0.05, 0.1) is 18.4 Å². The lowest BCUT2D eigenvalue weighted by Gasteiger charge is -2.28. The van der Waals surface area contributed by atoms with Crippen LogP contribution in [0.2, 0.25) is 0 Å². The molecule has 204 valence electrons. The molecule has 38 heavy (non-hydrogen) atoms. The number of nitrogens with zero attached hydrogens (tertiary/aromatic N) is 2. The van der Waals surface area contributed by atoms with Gasteiger partial charge in [0.1, 0.15) is 6.04 Å². The van der Waals surface area contributed by atoms with Gasteiger partial charge < -0.3 is 10.0 Å². The summed E-state index contributed by atoms with van der Waals surface area (Å²) in [5.74, 6) is -3.90. The molecule has 10 heteroatoms. The maximum atomic E-state index is 13.5. The number of aliphatic hydroxyl groups excluding tert-OH is 1. The number of hydroxylamine groups is 1. The van der Waals surface area contributed by atoms with Crippen molar-refractivity contribution in [1.82, 2.24) is 20.8 Å². The molecule has 1 fully saturated rings. The van der Waals surface area contributed by atoms with E-state index < -0.39 is 48.2 Å². The fourth-order valence-electron chi connectivity index (χ4n) is 4.80. The molecule has 0 bridgehead atoms. The lowest BCUT2D eigenvalue weighted by Crippen LogP contribution is -2.51. The number of nitrogens with one attached hydrogen (secondary N) is 2. The van der Waals surface area contributed by atoms with Crippen LogP contribution in [0.1, 0.15) is 44.2 Å². The lowest BCUT2D eigenvalue weighted by molar-refractivity contribution is -0.145. The first-order valence-electron chi connectivity index (χ1n) is 12.8. The minimum absolute atomic E-state index is 0.0126. The number of imide groups is 1. The minimum Gasteiger partial charge on any atom is -0.394 e. The minimum atomic E-state index is -1.14. The van der Waals surface area contributed by atoms with Gasteiger partial charge in [-0.2, -0.15) is 5.01 Å². The van der Waals surface area contributed by atoms with E-state index in [1.807, 2.05) is 50.2 Å². The van der Waals surface area contributed by atoms with E-state index in [1.54, 1.807) is 29.7 Å². The Morgan fingerprint density at radius 3 is 2.08 bits per heavy atom. The van der Waals surface area contributed by atoms with Gasteiger partial charge in [-0.25, -0.2) is 10.3 Å². The van der Waals surface area contributed by atoms with E-state index in [2.05, 4.69) is 5.43 Å². The van der Waals surface area contributed by atoms with Crippen molar-refractivity contribution in [3.8, 4) is 0 Å². The van der Waals surface area contributed by atoms with E-state index in [0.717, 1.165) is 11.1 Å². The Bertz CT molecular complexity index is 1100. The molecule has 2 aromatic carbocycles. The third-order valence-corrected chi connectivity index (χ3v) is 6.73. The zero-order valence-electron chi connectivity index (χ0n) is 21.7. The average Bonchev–Trinajstić information content (AvgIpc) is 3.14. The van der Waals surface area contributed by atoms with Crippen LogP contribution in [0, 0.1) is 17.8 Å². The number of carbonyl (C=O) groups is 4. The summed E-state index contributed by atoms with van der Waals surface area (Å²) in [6.45, 7) is 3.27. The van der Waals surface area contributed by atoms with Crippen LogP contribution in [0.5, 0.6) is 0 Å². The zero-order valence-corrected chi connectivity index (χ0v) is 21.7. The summed E-state index contributed by atoms with van der Waals surface area (Å²) in [6.07, 6.45) is 1.88. The molecule has 2 aromatic rings. The Balaban J connectivity index is 1.77. The van der Waals surface area contributed by atoms with Crippen molar-refractivity contribution in [2.24, 2.45) is 17.8 Å². The number of carbonyl (C=O) groups excluding carboxylic acids is 4. The van der Waals surface area contributed by atoms with Crippen molar-refractivity contribution in [3.63, 3.8) is 0 Å². The van der Waals surface area contributed by atoms with Crippen molar-refractivity contribution in [3.05, 3.63) is 71.8 Å². The van der Waals surface area contributed by atoms with Gasteiger partial charge in [-0.1, -0.05) is 74.5 Å². The Hall–Kier alpha value is -3.76. The van der Waals surface area contributed by atoms with E-state index in [9.17, 15) is 29.5 Å². The van der Waals surface area contributed by atoms with Gasteiger partial charge >= 0.3 is 6.03 Å². The highest BCUT2D eigenvalue weighted by atomic mass is 16.5. The molecule has 1 saturated heterocycles. The van der Waals surface area contributed by atoms with E-state index in [0.29, 0.717) is 30.7 Å². The van der Waals surface area contributed by atoms with Gasteiger partial charge in [0.15, 0.2) is 0 Å². The molecule has 0 spiro atoms. The molecular formula is C28H36N4O6. The molecule has 0 aliphatic carbocycles. The first-order valence-corrected chi connectivity index (χ1v) is 12.8. The second-order valence-electron chi connectivity index (χ2n) is 9.94. The number of urea groups is 1. The van der Waals surface area contributed by atoms with Gasteiger partial charge in [0.25, 0.3) is 5.91 Å².